The molecule has 1 amide bonds. The second-order valence-electron chi connectivity index (χ2n) is 9.23. The van der Waals surface area contributed by atoms with Crippen LogP contribution in [0.3, 0.4) is 0 Å². The first-order valence-corrected chi connectivity index (χ1v) is 10.7. The number of Topliss-reactive ketones (excluding diaryl/α,β-unsaturated/α-hetero) is 4. The highest BCUT2D eigenvalue weighted by Crippen LogP contribution is 2.57. The number of aliphatic hydroxyl groups is 1. The summed E-state index contributed by atoms with van der Waals surface area (Å²) in [5, 5.41) is 21.8. The number of carbonyl (C=O) groups excluding carboxylic acids is 6. The van der Waals surface area contributed by atoms with Crippen LogP contribution < -0.4 is 11.5 Å². The topological polar surface area (TPSA) is 195 Å². The molecule has 0 saturated heterocycles. The Morgan fingerprint density at radius 3 is 2.45 bits per heavy atom. The minimum absolute atomic E-state index is 0.0295. The van der Waals surface area contributed by atoms with Crippen LogP contribution >= 0.6 is 0 Å². The second-order valence-corrected chi connectivity index (χ2v) is 9.23. The maximum atomic E-state index is 13.7. The lowest BCUT2D eigenvalue weighted by Crippen LogP contribution is -2.75. The molecule has 1 aromatic carbocycles. The number of aromatic hydroxyl groups is 1. The molecule has 2 fully saturated rings. The number of carbonyl (C=O) groups is 6. The zero-order valence-corrected chi connectivity index (χ0v) is 17.9. The Hall–Kier alpha value is -3.24. The number of primary amides is 1. The van der Waals surface area contributed by atoms with Crippen molar-refractivity contribution < 1.29 is 39.0 Å². The van der Waals surface area contributed by atoms with Gasteiger partial charge in [0.2, 0.25) is 5.91 Å². The number of fused-ring (bicyclic) bond motifs is 3. The van der Waals surface area contributed by atoms with Gasteiger partial charge in [-0.3, -0.25) is 24.0 Å². The summed E-state index contributed by atoms with van der Waals surface area (Å²) in [6.07, 6.45) is 0.556. The Morgan fingerprint density at radius 1 is 1.21 bits per heavy atom. The molecular formula is C23H24N2O8. The molecule has 0 spiro atoms. The van der Waals surface area contributed by atoms with Gasteiger partial charge < -0.3 is 26.5 Å². The minimum Gasteiger partial charge on any atom is -0.507 e. The van der Waals surface area contributed by atoms with Crippen molar-refractivity contribution in [3.63, 3.8) is 0 Å². The predicted molar refractivity (Wildman–Crippen MR) is 111 cm³/mol. The monoisotopic (exact) mass is 456 g/mol. The number of hydrogen-bond donors (Lipinski definition) is 4. The Bertz CT molecular complexity index is 1140. The van der Waals surface area contributed by atoms with Gasteiger partial charge in [-0.1, -0.05) is 13.0 Å². The van der Waals surface area contributed by atoms with E-state index in [1.54, 1.807) is 6.07 Å². The van der Waals surface area contributed by atoms with Gasteiger partial charge in [0.1, 0.15) is 12.0 Å². The van der Waals surface area contributed by atoms with Gasteiger partial charge in [-0.15, -0.1) is 0 Å². The van der Waals surface area contributed by atoms with Crippen LogP contribution in [0.15, 0.2) is 12.1 Å². The van der Waals surface area contributed by atoms with Gasteiger partial charge in [-0.2, -0.15) is 0 Å². The van der Waals surface area contributed by atoms with Crippen LogP contribution in [0.4, 0.5) is 0 Å². The molecule has 2 saturated carbocycles. The fourth-order valence-corrected chi connectivity index (χ4v) is 6.08. The SMILES string of the molecule is CCc1ccc(O)c2c1CC1(CC=O)CC3C(N)C(=O)C(C(N)=O)C(=O)C3(O)C(=O)C1C2=O. The fourth-order valence-electron chi connectivity index (χ4n) is 6.08. The van der Waals surface area contributed by atoms with Crippen molar-refractivity contribution in [3.8, 4) is 5.75 Å². The number of rotatable bonds is 4. The highest BCUT2D eigenvalue weighted by molar-refractivity contribution is 6.32. The zero-order valence-electron chi connectivity index (χ0n) is 17.9. The Morgan fingerprint density at radius 2 is 1.88 bits per heavy atom. The van der Waals surface area contributed by atoms with E-state index < -0.39 is 63.9 Å². The molecule has 6 atom stereocenters. The van der Waals surface area contributed by atoms with Crippen LogP contribution in [0.25, 0.3) is 0 Å². The van der Waals surface area contributed by atoms with Gasteiger partial charge in [0.25, 0.3) is 0 Å². The van der Waals surface area contributed by atoms with Crippen LogP contribution in [0.5, 0.6) is 5.75 Å². The van der Waals surface area contributed by atoms with Gasteiger partial charge in [-0.05, 0) is 41.9 Å². The van der Waals surface area contributed by atoms with Crippen LogP contribution in [-0.2, 0) is 36.8 Å². The predicted octanol–water partition coefficient (Wildman–Crippen LogP) is -1.21. The van der Waals surface area contributed by atoms with Crippen molar-refractivity contribution in [2.45, 2.75) is 44.2 Å². The molecule has 33 heavy (non-hydrogen) atoms. The standard InChI is InChI=1S/C23H24N2O8/c1-2-9-3-4-12(27)13-10(9)7-22(5-6-26)8-11-16(24)18(29)14(21(25)32)19(30)23(11,33)20(31)15(22)17(13)28/h3-4,6,11,14-16,27,33H,2,5,7-8,24H2,1H3,(H2,25,32). The summed E-state index contributed by atoms with van der Waals surface area (Å²) in [6.45, 7) is 1.85. The molecule has 10 nitrogen and oxygen atoms in total. The van der Waals surface area contributed by atoms with Crippen molar-refractivity contribution in [1.82, 2.24) is 0 Å². The van der Waals surface area contributed by atoms with Crippen molar-refractivity contribution in [1.29, 1.82) is 0 Å². The third-order valence-corrected chi connectivity index (χ3v) is 7.68. The number of ketones is 4. The minimum atomic E-state index is -2.89. The maximum absolute atomic E-state index is 13.7. The summed E-state index contributed by atoms with van der Waals surface area (Å²) >= 11 is 0. The van der Waals surface area contributed by atoms with E-state index in [1.807, 2.05) is 6.92 Å². The quantitative estimate of drug-likeness (QED) is 0.317. The number of amides is 1. The molecule has 1 aromatic rings. The van der Waals surface area contributed by atoms with E-state index >= 15 is 0 Å². The molecular weight excluding hydrogens is 432 g/mol. The average molecular weight is 456 g/mol. The van der Waals surface area contributed by atoms with E-state index in [4.69, 9.17) is 11.5 Å². The molecule has 174 valence electrons. The van der Waals surface area contributed by atoms with E-state index in [2.05, 4.69) is 0 Å². The average Bonchev–Trinajstić information content (AvgIpc) is 2.74. The molecule has 6 N–H and O–H groups in total. The first kappa shape index (κ1) is 22.9. The highest BCUT2D eigenvalue weighted by atomic mass is 16.3. The van der Waals surface area contributed by atoms with Gasteiger partial charge in [0.05, 0.1) is 17.5 Å². The van der Waals surface area contributed by atoms with Crippen molar-refractivity contribution in [3.05, 3.63) is 28.8 Å². The lowest BCUT2D eigenvalue weighted by Gasteiger charge is -2.55. The van der Waals surface area contributed by atoms with E-state index in [-0.39, 0.29) is 30.6 Å². The molecule has 0 aliphatic heterocycles. The number of benzene rings is 1. The summed E-state index contributed by atoms with van der Waals surface area (Å²) in [7, 11) is 0. The van der Waals surface area contributed by atoms with Gasteiger partial charge in [-0.25, -0.2) is 0 Å². The normalized spacial score (nSPS) is 35.5. The molecule has 0 radical (unpaired) electrons. The van der Waals surface area contributed by atoms with Crippen LogP contribution in [-0.4, -0.2) is 57.2 Å². The van der Waals surface area contributed by atoms with Gasteiger partial charge in [0.15, 0.2) is 34.7 Å². The number of hydrogen-bond acceptors (Lipinski definition) is 9. The van der Waals surface area contributed by atoms with Crippen LogP contribution in [0.1, 0.15) is 41.3 Å². The molecule has 3 aliphatic rings. The summed E-state index contributed by atoms with van der Waals surface area (Å²) in [5.74, 6) is -11.4. The summed E-state index contributed by atoms with van der Waals surface area (Å²) in [5.41, 5.74) is 8.08. The van der Waals surface area contributed by atoms with E-state index in [0.29, 0.717) is 18.3 Å². The lowest BCUT2D eigenvalue weighted by atomic mass is 9.46. The van der Waals surface area contributed by atoms with E-state index in [9.17, 15) is 39.0 Å². The summed E-state index contributed by atoms with van der Waals surface area (Å²) in [4.78, 5) is 76.5. The summed E-state index contributed by atoms with van der Waals surface area (Å²) in [6, 6.07) is 1.40. The molecule has 4 rings (SSSR count). The van der Waals surface area contributed by atoms with Crippen molar-refractivity contribution >= 4 is 35.3 Å². The number of aldehydes is 1. The molecule has 6 unspecified atom stereocenters. The molecule has 0 heterocycles. The molecule has 3 aliphatic carbocycles. The number of phenolic OH excluding ortho intramolecular Hbond substituents is 1. The number of nitrogens with two attached hydrogens (primary N) is 2. The van der Waals surface area contributed by atoms with Gasteiger partial charge >= 0.3 is 0 Å². The number of phenols is 1. The largest absolute Gasteiger partial charge is 0.507 e. The fraction of sp³-hybridized carbons (Fsp3) is 0.478. The Balaban J connectivity index is 1.96. The van der Waals surface area contributed by atoms with E-state index in [1.165, 1.54) is 6.07 Å². The third-order valence-electron chi connectivity index (χ3n) is 7.68. The van der Waals surface area contributed by atoms with Gasteiger partial charge in [0, 0.05) is 12.3 Å². The van der Waals surface area contributed by atoms with Crippen molar-refractivity contribution in [2.24, 2.45) is 34.6 Å². The first-order valence-electron chi connectivity index (χ1n) is 10.7. The third kappa shape index (κ3) is 2.80. The maximum Gasteiger partial charge on any atom is 0.235 e. The Kier molecular flexibility index (Phi) is 5.14. The van der Waals surface area contributed by atoms with Crippen molar-refractivity contribution in [2.75, 3.05) is 0 Å². The Labute approximate surface area is 188 Å². The highest BCUT2D eigenvalue weighted by Gasteiger charge is 2.71. The first-order chi connectivity index (χ1) is 15.5. The summed E-state index contributed by atoms with van der Waals surface area (Å²) < 4.78 is 0. The van der Waals surface area contributed by atoms with Crippen LogP contribution in [0.2, 0.25) is 0 Å². The van der Waals surface area contributed by atoms with E-state index in [0.717, 1.165) is 5.56 Å². The molecule has 10 heteroatoms. The number of aryl methyl sites for hydroxylation is 1. The lowest BCUT2D eigenvalue weighted by molar-refractivity contribution is -0.182. The van der Waals surface area contributed by atoms with Crippen LogP contribution in [0, 0.1) is 23.2 Å². The molecule has 0 aromatic heterocycles. The molecule has 0 bridgehead atoms. The smallest absolute Gasteiger partial charge is 0.235 e. The second kappa shape index (κ2) is 7.39. The zero-order chi connectivity index (χ0) is 24.5.